The van der Waals surface area contributed by atoms with Crippen molar-refractivity contribution in [2.45, 2.75) is 19.8 Å². The van der Waals surface area contributed by atoms with E-state index in [1.54, 1.807) is 0 Å². The van der Waals surface area contributed by atoms with Crippen LogP contribution in [0.1, 0.15) is 19.0 Å². The molecule has 2 atom stereocenters. The molecule has 1 amide bonds. The number of hydrogen-bond donors (Lipinski definition) is 1. The maximum absolute atomic E-state index is 11.5. The summed E-state index contributed by atoms with van der Waals surface area (Å²) in [5.74, 6) is 0.910. The number of aryl methyl sites for hydroxylation is 1. The van der Waals surface area contributed by atoms with E-state index in [-0.39, 0.29) is 11.8 Å². The predicted molar refractivity (Wildman–Crippen MR) is 59.4 cm³/mol. The lowest BCUT2D eigenvalue weighted by atomic mass is 9.89. The third kappa shape index (κ3) is 1.91. The summed E-state index contributed by atoms with van der Waals surface area (Å²) >= 11 is 0. The molecule has 0 aliphatic carbocycles. The first-order valence-corrected chi connectivity index (χ1v) is 5.60. The summed E-state index contributed by atoms with van der Waals surface area (Å²) in [6.45, 7) is 2.93. The van der Waals surface area contributed by atoms with Gasteiger partial charge in [-0.25, -0.2) is 0 Å². The Morgan fingerprint density at radius 2 is 2.40 bits per heavy atom. The van der Waals surface area contributed by atoms with Crippen molar-refractivity contribution in [1.29, 1.82) is 0 Å². The lowest BCUT2D eigenvalue weighted by Crippen LogP contribution is -2.19. The van der Waals surface area contributed by atoms with Gasteiger partial charge in [0, 0.05) is 31.4 Å². The van der Waals surface area contributed by atoms with Crippen LogP contribution in [0.4, 0.5) is 0 Å². The summed E-state index contributed by atoms with van der Waals surface area (Å²) in [7, 11) is 2.06. The van der Waals surface area contributed by atoms with Crippen LogP contribution >= 0.6 is 0 Å². The van der Waals surface area contributed by atoms with Crippen molar-refractivity contribution < 1.29 is 4.79 Å². The lowest BCUT2D eigenvalue weighted by molar-refractivity contribution is -0.123. The molecular formula is C12H18N2O. The third-order valence-electron chi connectivity index (χ3n) is 3.41. The molecule has 82 valence electrons. The van der Waals surface area contributed by atoms with Gasteiger partial charge in [-0.1, -0.05) is 6.92 Å². The fraction of sp³-hybridized carbons (Fsp3) is 0.583. The minimum absolute atomic E-state index is 0.208. The topological polar surface area (TPSA) is 34.0 Å². The summed E-state index contributed by atoms with van der Waals surface area (Å²) in [4.78, 5) is 11.5. The third-order valence-corrected chi connectivity index (χ3v) is 3.41. The second-order valence-electron chi connectivity index (χ2n) is 4.33. The Hall–Kier alpha value is -1.25. The molecule has 1 aromatic rings. The molecule has 0 unspecified atom stereocenters. The van der Waals surface area contributed by atoms with Crippen LogP contribution in [-0.4, -0.2) is 17.0 Å². The minimum atomic E-state index is 0.208. The van der Waals surface area contributed by atoms with Gasteiger partial charge >= 0.3 is 0 Å². The SMILES string of the molecule is CC[C@H]1C(=O)NC[C@@H]1Cc1cccn1C. The van der Waals surface area contributed by atoms with E-state index in [2.05, 4.69) is 42.2 Å². The van der Waals surface area contributed by atoms with Crippen LogP contribution in [0.15, 0.2) is 18.3 Å². The first-order valence-electron chi connectivity index (χ1n) is 5.60. The predicted octanol–water partition coefficient (Wildman–Crippen LogP) is 1.34. The summed E-state index contributed by atoms with van der Waals surface area (Å²) in [5, 5.41) is 2.95. The number of carbonyl (C=O) groups is 1. The maximum Gasteiger partial charge on any atom is 0.223 e. The first kappa shape index (κ1) is 10.3. The molecular weight excluding hydrogens is 188 g/mol. The van der Waals surface area contributed by atoms with Crippen molar-refractivity contribution in [2.75, 3.05) is 6.54 Å². The highest BCUT2D eigenvalue weighted by Gasteiger charge is 2.33. The second kappa shape index (κ2) is 4.09. The van der Waals surface area contributed by atoms with E-state index in [1.165, 1.54) is 5.69 Å². The van der Waals surface area contributed by atoms with Crippen molar-refractivity contribution in [3.8, 4) is 0 Å². The van der Waals surface area contributed by atoms with Crippen LogP contribution in [0, 0.1) is 11.8 Å². The Labute approximate surface area is 90.5 Å². The van der Waals surface area contributed by atoms with Crippen molar-refractivity contribution >= 4 is 5.91 Å². The van der Waals surface area contributed by atoms with Crippen LogP contribution in [0.5, 0.6) is 0 Å². The number of aromatic nitrogens is 1. The highest BCUT2D eigenvalue weighted by molar-refractivity contribution is 5.81. The smallest absolute Gasteiger partial charge is 0.223 e. The summed E-state index contributed by atoms with van der Waals surface area (Å²) in [6.07, 6.45) is 4.00. The fourth-order valence-electron chi connectivity index (χ4n) is 2.43. The zero-order valence-electron chi connectivity index (χ0n) is 9.36. The summed E-state index contributed by atoms with van der Waals surface area (Å²) in [6, 6.07) is 4.19. The van der Waals surface area contributed by atoms with Crippen LogP contribution in [0.2, 0.25) is 0 Å². The average molecular weight is 206 g/mol. The van der Waals surface area contributed by atoms with Gasteiger partial charge in [-0.3, -0.25) is 4.79 Å². The van der Waals surface area contributed by atoms with E-state index >= 15 is 0 Å². The molecule has 15 heavy (non-hydrogen) atoms. The lowest BCUT2D eigenvalue weighted by Gasteiger charge is -2.15. The van der Waals surface area contributed by atoms with Crippen LogP contribution in [0.3, 0.4) is 0 Å². The molecule has 1 N–H and O–H groups in total. The number of carbonyl (C=O) groups excluding carboxylic acids is 1. The molecule has 0 bridgehead atoms. The van der Waals surface area contributed by atoms with E-state index in [0.29, 0.717) is 5.92 Å². The molecule has 1 aromatic heterocycles. The van der Waals surface area contributed by atoms with E-state index in [4.69, 9.17) is 0 Å². The summed E-state index contributed by atoms with van der Waals surface area (Å²) in [5.41, 5.74) is 1.31. The van der Waals surface area contributed by atoms with Gasteiger partial charge in [-0.2, -0.15) is 0 Å². The molecule has 1 saturated heterocycles. The van der Waals surface area contributed by atoms with E-state index in [1.807, 2.05) is 0 Å². The zero-order chi connectivity index (χ0) is 10.8. The molecule has 0 radical (unpaired) electrons. The van der Waals surface area contributed by atoms with E-state index in [9.17, 15) is 4.79 Å². The largest absolute Gasteiger partial charge is 0.356 e. The normalized spacial score (nSPS) is 25.6. The molecule has 1 aliphatic heterocycles. The van der Waals surface area contributed by atoms with Gasteiger partial charge in [-0.15, -0.1) is 0 Å². The quantitative estimate of drug-likeness (QED) is 0.795. The van der Waals surface area contributed by atoms with Gasteiger partial charge in [0.05, 0.1) is 0 Å². The van der Waals surface area contributed by atoms with Gasteiger partial charge in [0.1, 0.15) is 0 Å². The van der Waals surface area contributed by atoms with Crippen molar-refractivity contribution in [3.63, 3.8) is 0 Å². The monoisotopic (exact) mass is 206 g/mol. The van der Waals surface area contributed by atoms with Gasteiger partial charge in [0.25, 0.3) is 0 Å². The molecule has 3 heteroatoms. The van der Waals surface area contributed by atoms with Crippen molar-refractivity contribution in [1.82, 2.24) is 9.88 Å². The molecule has 2 rings (SSSR count). The highest BCUT2D eigenvalue weighted by atomic mass is 16.2. The Kier molecular flexibility index (Phi) is 2.80. The van der Waals surface area contributed by atoms with Crippen molar-refractivity contribution in [2.24, 2.45) is 18.9 Å². The molecule has 0 spiro atoms. The van der Waals surface area contributed by atoms with Crippen molar-refractivity contribution in [3.05, 3.63) is 24.0 Å². The molecule has 1 aliphatic rings. The Morgan fingerprint density at radius 1 is 1.60 bits per heavy atom. The molecule has 2 heterocycles. The van der Waals surface area contributed by atoms with Gasteiger partial charge in [0.15, 0.2) is 0 Å². The van der Waals surface area contributed by atoms with Gasteiger partial charge in [0.2, 0.25) is 5.91 Å². The maximum atomic E-state index is 11.5. The highest BCUT2D eigenvalue weighted by Crippen LogP contribution is 2.24. The Balaban J connectivity index is 2.06. The number of amides is 1. The molecule has 1 fully saturated rings. The van der Waals surface area contributed by atoms with Crippen LogP contribution in [-0.2, 0) is 18.3 Å². The molecule has 0 saturated carbocycles. The van der Waals surface area contributed by atoms with E-state index in [0.717, 1.165) is 19.4 Å². The number of hydrogen-bond acceptors (Lipinski definition) is 1. The van der Waals surface area contributed by atoms with E-state index < -0.39 is 0 Å². The molecule has 3 nitrogen and oxygen atoms in total. The summed E-state index contributed by atoms with van der Waals surface area (Å²) < 4.78 is 2.13. The Bertz CT molecular complexity index is 356. The second-order valence-corrected chi connectivity index (χ2v) is 4.33. The van der Waals surface area contributed by atoms with Gasteiger partial charge < -0.3 is 9.88 Å². The fourth-order valence-corrected chi connectivity index (χ4v) is 2.43. The van der Waals surface area contributed by atoms with Gasteiger partial charge in [-0.05, 0) is 30.9 Å². The average Bonchev–Trinajstić information content (AvgIpc) is 2.76. The number of nitrogens with zero attached hydrogens (tertiary/aromatic N) is 1. The Morgan fingerprint density at radius 3 is 3.00 bits per heavy atom. The standard InChI is InChI=1S/C12H18N2O/c1-3-11-9(8-13-12(11)15)7-10-5-4-6-14(10)2/h4-6,9,11H,3,7-8H2,1-2H3,(H,13,15)/t9-,11+/m0/s1. The zero-order valence-corrected chi connectivity index (χ0v) is 9.36. The first-order chi connectivity index (χ1) is 7.22. The van der Waals surface area contributed by atoms with Crippen LogP contribution in [0.25, 0.3) is 0 Å². The minimum Gasteiger partial charge on any atom is -0.356 e. The molecule has 0 aromatic carbocycles. The number of nitrogens with one attached hydrogen (secondary N) is 1. The van der Waals surface area contributed by atoms with Crippen LogP contribution < -0.4 is 5.32 Å². The number of rotatable bonds is 3.